The fourth-order valence-electron chi connectivity index (χ4n) is 3.66. The monoisotopic (exact) mass is 508 g/mol. The molecule has 3 aromatic rings. The van der Waals surface area contributed by atoms with Crippen LogP contribution in [-0.4, -0.2) is 28.6 Å². The van der Waals surface area contributed by atoms with Crippen LogP contribution in [0.15, 0.2) is 35.5 Å². The topological polar surface area (TPSA) is 107 Å². The van der Waals surface area contributed by atoms with E-state index in [1.807, 2.05) is 0 Å². The number of nitrogens with two attached hydrogens (primary N) is 1. The molecular formula is C23H20F4N4O3S. The number of amides is 2. The molecule has 35 heavy (non-hydrogen) atoms. The molecule has 0 saturated carbocycles. The van der Waals surface area contributed by atoms with Crippen molar-refractivity contribution >= 4 is 44.8 Å². The minimum Gasteiger partial charge on any atom is -0.382 e. The number of benzene rings is 1. The zero-order chi connectivity index (χ0) is 25.7. The van der Waals surface area contributed by atoms with Gasteiger partial charge in [0.1, 0.15) is 21.2 Å². The number of pyridine rings is 1. The molecule has 1 aliphatic heterocycles. The Bertz CT molecular complexity index is 1360. The highest BCUT2D eigenvalue weighted by Gasteiger charge is 2.37. The number of nitrogens with zero attached hydrogens (tertiary/aromatic N) is 2. The summed E-state index contributed by atoms with van der Waals surface area (Å²) in [6.45, 7) is 5.12. The van der Waals surface area contributed by atoms with E-state index in [0.29, 0.717) is 22.6 Å². The third kappa shape index (κ3) is 4.83. The fourth-order valence-corrected chi connectivity index (χ4v) is 4.67. The normalized spacial score (nSPS) is 16.2. The number of aromatic nitrogens is 1. The third-order valence-corrected chi connectivity index (χ3v) is 6.47. The van der Waals surface area contributed by atoms with E-state index in [9.17, 15) is 27.2 Å². The lowest BCUT2D eigenvalue weighted by atomic mass is 9.84. The molecular weight excluding hydrogens is 488 g/mol. The number of alkyl halides is 3. The summed E-state index contributed by atoms with van der Waals surface area (Å²) in [4.78, 5) is 33.9. The molecule has 4 rings (SSSR count). The molecule has 184 valence electrons. The maximum Gasteiger partial charge on any atom is 0.433 e. The zero-order valence-corrected chi connectivity index (χ0v) is 19.6. The predicted molar refractivity (Wildman–Crippen MR) is 123 cm³/mol. The highest BCUT2D eigenvalue weighted by molar-refractivity contribution is 7.21. The quantitative estimate of drug-likeness (QED) is 0.485. The molecule has 0 bridgehead atoms. The predicted octanol–water partition coefficient (Wildman–Crippen LogP) is 4.98. The molecule has 7 nitrogen and oxygen atoms in total. The number of nitrogens with one attached hydrogen (secondary N) is 1. The SMILES string of the molecule is CC(C)(C)c1cc(C(F)(F)F)nc2sc(C(N)=O)c(NC(=O)C3CC(c4ccc(F)cc4)=NO3)c12. The van der Waals surface area contributed by atoms with Gasteiger partial charge >= 0.3 is 6.18 Å². The van der Waals surface area contributed by atoms with Crippen LogP contribution < -0.4 is 11.1 Å². The molecule has 0 fully saturated rings. The van der Waals surface area contributed by atoms with Crippen molar-refractivity contribution in [3.63, 3.8) is 0 Å². The maximum atomic E-state index is 13.5. The Hall–Kier alpha value is -3.54. The van der Waals surface area contributed by atoms with E-state index in [1.54, 1.807) is 20.8 Å². The lowest BCUT2D eigenvalue weighted by molar-refractivity contribution is -0.141. The van der Waals surface area contributed by atoms with Crippen LogP contribution in [-0.2, 0) is 21.2 Å². The average Bonchev–Trinajstić information content (AvgIpc) is 3.38. The zero-order valence-electron chi connectivity index (χ0n) is 18.8. The Morgan fingerprint density at radius 2 is 1.83 bits per heavy atom. The number of primary amides is 1. The molecule has 1 atom stereocenters. The molecule has 0 saturated heterocycles. The van der Waals surface area contributed by atoms with E-state index in [0.717, 1.165) is 6.07 Å². The van der Waals surface area contributed by atoms with Crippen molar-refractivity contribution in [1.29, 1.82) is 0 Å². The van der Waals surface area contributed by atoms with Gasteiger partial charge in [-0.25, -0.2) is 9.37 Å². The van der Waals surface area contributed by atoms with Gasteiger partial charge in [-0.15, -0.1) is 11.3 Å². The molecule has 12 heteroatoms. The highest BCUT2D eigenvalue weighted by Crippen LogP contribution is 2.43. The number of oxime groups is 1. The van der Waals surface area contributed by atoms with Crippen molar-refractivity contribution in [2.75, 3.05) is 5.32 Å². The van der Waals surface area contributed by atoms with Gasteiger partial charge in [0, 0.05) is 11.8 Å². The van der Waals surface area contributed by atoms with Gasteiger partial charge in [0.2, 0.25) is 6.10 Å². The van der Waals surface area contributed by atoms with E-state index in [2.05, 4.69) is 15.5 Å². The van der Waals surface area contributed by atoms with E-state index in [-0.39, 0.29) is 32.8 Å². The van der Waals surface area contributed by atoms with E-state index in [1.165, 1.54) is 24.3 Å². The van der Waals surface area contributed by atoms with Crippen LogP contribution >= 0.6 is 11.3 Å². The van der Waals surface area contributed by atoms with Gasteiger partial charge in [0.25, 0.3) is 11.8 Å². The summed E-state index contributed by atoms with van der Waals surface area (Å²) in [5, 5.41) is 6.69. The Labute approximate surface area is 201 Å². The van der Waals surface area contributed by atoms with Gasteiger partial charge in [0.05, 0.1) is 11.4 Å². The molecule has 1 aliphatic rings. The first-order valence-corrected chi connectivity index (χ1v) is 11.2. The molecule has 3 heterocycles. The van der Waals surface area contributed by atoms with Crippen molar-refractivity contribution in [3.8, 4) is 0 Å². The van der Waals surface area contributed by atoms with Crippen molar-refractivity contribution in [3.05, 3.63) is 57.8 Å². The van der Waals surface area contributed by atoms with E-state index < -0.39 is 41.0 Å². The summed E-state index contributed by atoms with van der Waals surface area (Å²) in [5.41, 5.74) is 4.79. The van der Waals surface area contributed by atoms with Gasteiger partial charge in [-0.3, -0.25) is 9.59 Å². The van der Waals surface area contributed by atoms with Crippen LogP contribution in [0.3, 0.4) is 0 Å². The Morgan fingerprint density at radius 1 is 1.17 bits per heavy atom. The van der Waals surface area contributed by atoms with Crippen molar-refractivity contribution in [2.45, 2.75) is 44.9 Å². The number of carbonyl (C=O) groups is 2. The van der Waals surface area contributed by atoms with Crippen molar-refractivity contribution in [2.24, 2.45) is 10.9 Å². The summed E-state index contributed by atoms with van der Waals surface area (Å²) < 4.78 is 53.7. The number of thiophene rings is 1. The summed E-state index contributed by atoms with van der Waals surface area (Å²) in [6.07, 6.45) is -5.72. The number of halogens is 4. The van der Waals surface area contributed by atoms with Crippen molar-refractivity contribution < 1.29 is 32.0 Å². The Balaban J connectivity index is 1.72. The first-order valence-electron chi connectivity index (χ1n) is 10.4. The van der Waals surface area contributed by atoms with Gasteiger partial charge in [-0.1, -0.05) is 38.1 Å². The fraction of sp³-hybridized carbons (Fsp3) is 0.304. The van der Waals surface area contributed by atoms with Crippen LogP contribution in [0.25, 0.3) is 10.2 Å². The van der Waals surface area contributed by atoms with E-state index >= 15 is 0 Å². The standard InChI is InChI=1S/C23H20F4N4O3S/c1-22(2,3)12-8-15(23(25,26)27)29-21-16(12)17(18(35-21)19(28)32)30-20(33)14-9-13(31-34-14)10-4-6-11(24)7-5-10/h4-8,14H,9H2,1-3H3,(H2,28,32)(H,30,33). The second-order valence-corrected chi connectivity index (χ2v) is 9.98. The molecule has 1 unspecified atom stereocenters. The van der Waals surface area contributed by atoms with Crippen LogP contribution in [0.5, 0.6) is 0 Å². The van der Waals surface area contributed by atoms with Gasteiger partial charge in [-0.2, -0.15) is 13.2 Å². The lowest BCUT2D eigenvalue weighted by Crippen LogP contribution is -2.29. The van der Waals surface area contributed by atoms with Crippen LogP contribution in [0, 0.1) is 5.82 Å². The number of carbonyl (C=O) groups excluding carboxylic acids is 2. The summed E-state index contributed by atoms with van der Waals surface area (Å²) >= 11 is 0.670. The third-order valence-electron chi connectivity index (χ3n) is 5.37. The highest BCUT2D eigenvalue weighted by atomic mass is 32.1. The Kier molecular flexibility index (Phi) is 6.04. The first-order chi connectivity index (χ1) is 16.3. The van der Waals surface area contributed by atoms with Crippen LogP contribution in [0.1, 0.15) is 53.7 Å². The molecule has 3 N–H and O–H groups in total. The molecule has 0 aliphatic carbocycles. The lowest BCUT2D eigenvalue weighted by Gasteiger charge is -2.22. The Morgan fingerprint density at radius 3 is 2.40 bits per heavy atom. The van der Waals surface area contributed by atoms with Gasteiger partial charge in [-0.05, 0) is 34.7 Å². The van der Waals surface area contributed by atoms with E-state index in [4.69, 9.17) is 10.6 Å². The second kappa shape index (κ2) is 8.59. The number of fused-ring (bicyclic) bond motifs is 1. The van der Waals surface area contributed by atoms with Crippen LogP contribution in [0.4, 0.5) is 23.2 Å². The molecule has 1 aromatic carbocycles. The minimum absolute atomic E-state index is 0.0209. The molecule has 0 radical (unpaired) electrons. The number of anilines is 1. The largest absolute Gasteiger partial charge is 0.433 e. The number of hydrogen-bond donors (Lipinski definition) is 2. The number of hydrogen-bond acceptors (Lipinski definition) is 6. The summed E-state index contributed by atoms with van der Waals surface area (Å²) in [7, 11) is 0. The minimum atomic E-state index is -4.71. The summed E-state index contributed by atoms with van der Waals surface area (Å²) in [5.74, 6) is -2.03. The maximum absolute atomic E-state index is 13.5. The first kappa shape index (κ1) is 24.6. The van der Waals surface area contributed by atoms with Crippen molar-refractivity contribution in [1.82, 2.24) is 4.98 Å². The molecule has 2 aromatic heterocycles. The smallest absolute Gasteiger partial charge is 0.382 e. The van der Waals surface area contributed by atoms with Crippen LogP contribution in [0.2, 0.25) is 0 Å². The second-order valence-electron chi connectivity index (χ2n) is 8.99. The van der Waals surface area contributed by atoms with Gasteiger partial charge < -0.3 is 15.9 Å². The average molecular weight is 508 g/mol. The van der Waals surface area contributed by atoms with Gasteiger partial charge in [0.15, 0.2) is 0 Å². The molecule has 0 spiro atoms. The number of rotatable bonds is 4. The molecule has 2 amide bonds. The summed E-state index contributed by atoms with van der Waals surface area (Å²) in [6, 6.07) is 6.40.